The topological polar surface area (TPSA) is 82.9 Å². The number of nitro groups is 1. The zero-order valence-electron chi connectivity index (χ0n) is 18.8. The van der Waals surface area contributed by atoms with E-state index in [2.05, 4.69) is 15.5 Å². The molecule has 2 aromatic rings. The van der Waals surface area contributed by atoms with Gasteiger partial charge in [0.25, 0.3) is 6.20 Å². The van der Waals surface area contributed by atoms with Crippen LogP contribution in [-0.2, 0) is 19.3 Å². The van der Waals surface area contributed by atoms with Gasteiger partial charge in [-0.05, 0) is 35.4 Å². The molecule has 4 rings (SSSR count). The van der Waals surface area contributed by atoms with Crippen LogP contribution in [0, 0.1) is 10.1 Å². The van der Waals surface area contributed by atoms with Crippen molar-refractivity contribution < 1.29 is 22.8 Å². The average Bonchev–Trinajstić information content (AvgIpc) is 3.46. The van der Waals surface area contributed by atoms with Crippen molar-refractivity contribution >= 4 is 0 Å². The Morgan fingerprint density at radius 2 is 1.68 bits per heavy atom. The van der Waals surface area contributed by atoms with Crippen molar-refractivity contribution in [3.63, 3.8) is 0 Å². The van der Waals surface area contributed by atoms with E-state index < -0.39 is 16.7 Å². The van der Waals surface area contributed by atoms with Crippen LogP contribution in [0.2, 0.25) is 0 Å². The number of alkyl halides is 3. The highest BCUT2D eigenvalue weighted by atomic mass is 19.4. The fourth-order valence-electron chi connectivity index (χ4n) is 3.64. The second-order valence-electron chi connectivity index (χ2n) is 7.90. The Kier molecular flexibility index (Phi) is 8.72. The molecular weight excluding hydrogens is 451 g/mol. The fourth-order valence-corrected chi connectivity index (χ4v) is 3.64. The van der Waals surface area contributed by atoms with Gasteiger partial charge in [0.05, 0.1) is 17.6 Å². The summed E-state index contributed by atoms with van der Waals surface area (Å²) in [5.41, 5.74) is 1.42. The molecule has 0 atom stereocenters. The van der Waals surface area contributed by atoms with Crippen LogP contribution in [-0.4, -0.2) is 54.7 Å². The first-order valence-electron chi connectivity index (χ1n) is 10.8. The minimum atomic E-state index is -4.24. The zero-order valence-corrected chi connectivity index (χ0v) is 18.8. The van der Waals surface area contributed by atoms with E-state index >= 15 is 0 Å². The number of methoxy groups -OCH3 is 1. The quantitative estimate of drug-likeness (QED) is 0.486. The van der Waals surface area contributed by atoms with Crippen molar-refractivity contribution in [1.29, 1.82) is 0 Å². The number of rotatable bonds is 6. The Morgan fingerprint density at radius 3 is 2.24 bits per heavy atom. The first kappa shape index (κ1) is 25.3. The van der Waals surface area contributed by atoms with Crippen molar-refractivity contribution in [3.05, 3.63) is 87.4 Å². The summed E-state index contributed by atoms with van der Waals surface area (Å²) in [6.45, 7) is 5.55. The third-order valence-corrected chi connectivity index (χ3v) is 5.42. The standard InChI is InChI=1S/C12H15N3O3.C11H13F3N2/c1-18-11-4-2-10(3-5-11)8-14-7-6-13-12(14)9-15(16)17;12-11(13,14)10-3-1-9(2-4-10)7-16-6-5-15-8-16/h2-5,9,13H,6-8H2,1H3;1-4,15H,5-8H2. The van der Waals surface area contributed by atoms with Gasteiger partial charge >= 0.3 is 6.18 Å². The van der Waals surface area contributed by atoms with Crippen molar-refractivity contribution in [3.8, 4) is 5.75 Å². The number of halogens is 3. The Labute approximate surface area is 196 Å². The number of hydrogen-bond acceptors (Lipinski definition) is 7. The van der Waals surface area contributed by atoms with Crippen LogP contribution in [0.15, 0.2) is 60.6 Å². The molecule has 0 spiro atoms. The molecule has 2 aliphatic rings. The Balaban J connectivity index is 0.000000192. The molecule has 2 saturated heterocycles. The molecule has 2 heterocycles. The first-order chi connectivity index (χ1) is 16.2. The third-order valence-electron chi connectivity index (χ3n) is 5.42. The summed E-state index contributed by atoms with van der Waals surface area (Å²) in [7, 11) is 1.62. The van der Waals surface area contributed by atoms with Crippen molar-refractivity contribution in [1.82, 2.24) is 20.4 Å². The van der Waals surface area contributed by atoms with Gasteiger partial charge in [-0.2, -0.15) is 13.2 Å². The Morgan fingerprint density at radius 1 is 1.03 bits per heavy atom. The van der Waals surface area contributed by atoms with Crippen LogP contribution >= 0.6 is 0 Å². The third kappa shape index (κ3) is 7.63. The molecule has 0 radical (unpaired) electrons. The van der Waals surface area contributed by atoms with E-state index in [4.69, 9.17) is 4.74 Å². The van der Waals surface area contributed by atoms with E-state index in [1.54, 1.807) is 19.2 Å². The molecule has 8 nitrogen and oxygen atoms in total. The van der Waals surface area contributed by atoms with Gasteiger partial charge in [0, 0.05) is 45.9 Å². The van der Waals surface area contributed by atoms with Gasteiger partial charge in [-0.15, -0.1) is 0 Å². The predicted molar refractivity (Wildman–Crippen MR) is 121 cm³/mol. The van der Waals surface area contributed by atoms with E-state index in [0.717, 1.165) is 68.1 Å². The molecule has 0 aromatic heterocycles. The second-order valence-corrected chi connectivity index (χ2v) is 7.90. The minimum Gasteiger partial charge on any atom is -0.497 e. The Bertz CT molecular complexity index is 959. The lowest BCUT2D eigenvalue weighted by molar-refractivity contribution is -0.404. The highest BCUT2D eigenvalue weighted by Crippen LogP contribution is 2.29. The molecule has 0 aliphatic carbocycles. The van der Waals surface area contributed by atoms with Crippen LogP contribution in [0.5, 0.6) is 5.75 Å². The van der Waals surface area contributed by atoms with E-state index in [1.165, 1.54) is 0 Å². The molecule has 11 heteroatoms. The van der Waals surface area contributed by atoms with Crippen molar-refractivity contribution in [2.24, 2.45) is 0 Å². The Hall–Kier alpha value is -3.31. The summed E-state index contributed by atoms with van der Waals surface area (Å²) in [6, 6.07) is 13.0. The van der Waals surface area contributed by atoms with Gasteiger partial charge in [-0.1, -0.05) is 24.3 Å². The number of ether oxygens (including phenoxy) is 1. The lowest BCUT2D eigenvalue weighted by atomic mass is 10.1. The number of hydrogen-bond donors (Lipinski definition) is 2. The molecule has 0 amide bonds. The van der Waals surface area contributed by atoms with Crippen LogP contribution in [0.1, 0.15) is 16.7 Å². The summed E-state index contributed by atoms with van der Waals surface area (Å²) in [6.07, 6.45) is -3.23. The normalized spacial score (nSPS) is 17.3. The van der Waals surface area contributed by atoms with Crippen LogP contribution in [0.25, 0.3) is 0 Å². The lowest BCUT2D eigenvalue weighted by Gasteiger charge is -2.17. The molecule has 2 fully saturated rings. The molecule has 184 valence electrons. The lowest BCUT2D eigenvalue weighted by Crippen LogP contribution is -2.21. The average molecular weight is 480 g/mol. The number of benzene rings is 2. The van der Waals surface area contributed by atoms with Gasteiger partial charge in [-0.3, -0.25) is 15.0 Å². The highest BCUT2D eigenvalue weighted by Gasteiger charge is 2.30. The molecule has 0 bridgehead atoms. The van der Waals surface area contributed by atoms with E-state index in [-0.39, 0.29) is 0 Å². The van der Waals surface area contributed by atoms with Gasteiger partial charge in [0.2, 0.25) is 0 Å². The fraction of sp³-hybridized carbons (Fsp3) is 0.391. The summed E-state index contributed by atoms with van der Waals surface area (Å²) < 4.78 is 42.0. The summed E-state index contributed by atoms with van der Waals surface area (Å²) >= 11 is 0. The summed E-state index contributed by atoms with van der Waals surface area (Å²) in [5.74, 6) is 1.37. The van der Waals surface area contributed by atoms with Gasteiger partial charge in [0.15, 0.2) is 5.82 Å². The van der Waals surface area contributed by atoms with Gasteiger partial charge in [0.1, 0.15) is 5.75 Å². The van der Waals surface area contributed by atoms with E-state index in [1.807, 2.05) is 29.2 Å². The minimum absolute atomic E-state index is 0.436. The smallest absolute Gasteiger partial charge is 0.416 e. The molecule has 2 aromatic carbocycles. The SMILES string of the molecule is COc1ccc(CN2CCNC2=C[N+](=O)[O-])cc1.FC(F)(F)c1ccc(CN2CCNC2)cc1. The molecule has 0 saturated carbocycles. The van der Waals surface area contributed by atoms with Crippen LogP contribution in [0.3, 0.4) is 0 Å². The van der Waals surface area contributed by atoms with Crippen molar-refractivity contribution in [2.75, 3.05) is 40.0 Å². The van der Waals surface area contributed by atoms with Gasteiger partial charge in [-0.25, -0.2) is 0 Å². The summed E-state index contributed by atoms with van der Waals surface area (Å²) in [5, 5.41) is 16.7. The summed E-state index contributed by atoms with van der Waals surface area (Å²) in [4.78, 5) is 14.2. The first-order valence-corrected chi connectivity index (χ1v) is 10.8. The number of nitrogens with zero attached hydrogens (tertiary/aromatic N) is 3. The molecule has 2 N–H and O–H groups in total. The maximum atomic E-state index is 12.3. The van der Waals surface area contributed by atoms with Crippen molar-refractivity contribution in [2.45, 2.75) is 19.3 Å². The van der Waals surface area contributed by atoms with Crippen LogP contribution < -0.4 is 15.4 Å². The predicted octanol–water partition coefficient (Wildman–Crippen LogP) is 3.24. The second kappa shape index (κ2) is 11.7. The highest BCUT2D eigenvalue weighted by molar-refractivity contribution is 5.27. The molecular formula is C23H28F3N5O3. The van der Waals surface area contributed by atoms with E-state index in [0.29, 0.717) is 18.9 Å². The monoisotopic (exact) mass is 479 g/mol. The largest absolute Gasteiger partial charge is 0.497 e. The zero-order chi connectivity index (χ0) is 24.6. The van der Waals surface area contributed by atoms with Crippen LogP contribution in [0.4, 0.5) is 13.2 Å². The maximum Gasteiger partial charge on any atom is 0.416 e. The number of nitrogens with one attached hydrogen (secondary N) is 2. The molecule has 34 heavy (non-hydrogen) atoms. The van der Waals surface area contributed by atoms with E-state index in [9.17, 15) is 23.3 Å². The molecule has 2 aliphatic heterocycles. The maximum absolute atomic E-state index is 12.3. The van der Waals surface area contributed by atoms with Gasteiger partial charge < -0.3 is 20.3 Å². The molecule has 0 unspecified atom stereocenters.